The van der Waals surface area contributed by atoms with Gasteiger partial charge in [0.05, 0.1) is 20.0 Å². The zero-order valence-electron chi connectivity index (χ0n) is 10.1. The molecule has 7 heteroatoms. The molecule has 0 aromatic heterocycles. The molecule has 2 aromatic carbocycles. The van der Waals surface area contributed by atoms with E-state index < -0.39 is 4.92 Å². The van der Waals surface area contributed by atoms with Gasteiger partial charge in [0, 0.05) is 18.3 Å². The van der Waals surface area contributed by atoms with Crippen molar-refractivity contribution < 1.29 is 9.31 Å². The van der Waals surface area contributed by atoms with E-state index in [1.54, 1.807) is 18.2 Å². The number of nitro groups is 1. The minimum absolute atomic E-state index is 0.0498. The Kier molecular flexibility index (Phi) is 4.57. The number of halogens is 3. The van der Waals surface area contributed by atoms with Gasteiger partial charge in [-0.3, -0.25) is 10.1 Å². The van der Waals surface area contributed by atoms with Gasteiger partial charge in [0.2, 0.25) is 0 Å². The van der Waals surface area contributed by atoms with Crippen molar-refractivity contribution in [2.45, 2.75) is 6.54 Å². The molecule has 0 atom stereocenters. The third-order valence-corrected chi connectivity index (χ3v) is 3.64. The van der Waals surface area contributed by atoms with Crippen LogP contribution in [-0.4, -0.2) is 4.92 Å². The Hall–Kier alpha value is -1.66. The summed E-state index contributed by atoms with van der Waals surface area (Å²) in [6.45, 7) is 0.175. The number of benzene rings is 2. The van der Waals surface area contributed by atoms with Gasteiger partial charge in [0.15, 0.2) is 0 Å². The van der Waals surface area contributed by atoms with Gasteiger partial charge < -0.3 is 5.32 Å². The first kappa shape index (κ1) is 14.7. The molecule has 2 rings (SSSR count). The van der Waals surface area contributed by atoms with Crippen LogP contribution in [0.5, 0.6) is 0 Å². The lowest BCUT2D eigenvalue weighted by Crippen LogP contribution is -2.04. The molecule has 0 unspecified atom stereocenters. The molecule has 0 spiro atoms. The normalized spacial score (nSPS) is 10.3. The fraction of sp³-hybridized carbons (Fsp3) is 0.0769. The lowest BCUT2D eigenvalue weighted by molar-refractivity contribution is -0.385. The van der Waals surface area contributed by atoms with Gasteiger partial charge in [-0.2, -0.15) is 0 Å². The van der Waals surface area contributed by atoms with Gasteiger partial charge in [0.1, 0.15) is 5.82 Å². The molecule has 0 saturated heterocycles. The lowest BCUT2D eigenvalue weighted by atomic mass is 10.1. The fourth-order valence-electron chi connectivity index (χ4n) is 1.69. The number of rotatable bonds is 4. The molecule has 20 heavy (non-hydrogen) atoms. The van der Waals surface area contributed by atoms with Gasteiger partial charge in [0.25, 0.3) is 5.69 Å². The van der Waals surface area contributed by atoms with Crippen molar-refractivity contribution >= 4 is 38.9 Å². The third kappa shape index (κ3) is 3.26. The summed E-state index contributed by atoms with van der Waals surface area (Å²) in [6, 6.07) is 8.91. The Balaban J connectivity index is 2.22. The van der Waals surface area contributed by atoms with Crippen LogP contribution in [0.3, 0.4) is 0 Å². The highest BCUT2D eigenvalue weighted by Crippen LogP contribution is 2.27. The fourth-order valence-corrected chi connectivity index (χ4v) is 2.31. The Bertz CT molecular complexity index is 667. The molecule has 4 nitrogen and oxygen atoms in total. The molecule has 0 fully saturated rings. The first-order valence-electron chi connectivity index (χ1n) is 5.59. The number of hydrogen-bond donors (Lipinski definition) is 1. The van der Waals surface area contributed by atoms with E-state index >= 15 is 0 Å². The van der Waals surface area contributed by atoms with Crippen molar-refractivity contribution in [3.63, 3.8) is 0 Å². The van der Waals surface area contributed by atoms with Gasteiger partial charge >= 0.3 is 0 Å². The predicted molar refractivity (Wildman–Crippen MR) is 79.5 cm³/mol. The van der Waals surface area contributed by atoms with E-state index in [4.69, 9.17) is 11.6 Å². The summed E-state index contributed by atoms with van der Waals surface area (Å²) in [7, 11) is 0. The average molecular weight is 360 g/mol. The smallest absolute Gasteiger partial charge is 0.275 e. The van der Waals surface area contributed by atoms with Crippen molar-refractivity contribution in [3.05, 3.63) is 67.4 Å². The molecule has 104 valence electrons. The van der Waals surface area contributed by atoms with Crippen molar-refractivity contribution in [1.29, 1.82) is 0 Å². The Labute approximate surface area is 127 Å². The molecule has 0 bridgehead atoms. The minimum Gasteiger partial charge on any atom is -0.381 e. The monoisotopic (exact) mass is 358 g/mol. The quantitative estimate of drug-likeness (QED) is 0.632. The van der Waals surface area contributed by atoms with Gasteiger partial charge in [-0.25, -0.2) is 4.39 Å². The van der Waals surface area contributed by atoms with Gasteiger partial charge in [-0.1, -0.05) is 17.7 Å². The summed E-state index contributed by atoms with van der Waals surface area (Å²) in [5, 5.41) is 14.2. The molecule has 0 saturated carbocycles. The Morgan fingerprint density at radius 2 is 2.10 bits per heavy atom. The molecular formula is C13H9BrClFN2O2. The van der Waals surface area contributed by atoms with Crippen LogP contribution in [0, 0.1) is 15.9 Å². The topological polar surface area (TPSA) is 55.2 Å². The van der Waals surface area contributed by atoms with E-state index in [0.717, 1.165) is 0 Å². The highest BCUT2D eigenvalue weighted by molar-refractivity contribution is 9.10. The van der Waals surface area contributed by atoms with E-state index in [9.17, 15) is 14.5 Å². The average Bonchev–Trinajstić information content (AvgIpc) is 2.40. The van der Waals surface area contributed by atoms with E-state index in [2.05, 4.69) is 21.2 Å². The van der Waals surface area contributed by atoms with Crippen LogP contribution in [0.4, 0.5) is 15.8 Å². The maximum absolute atomic E-state index is 13.1. The number of anilines is 1. The first-order valence-corrected chi connectivity index (χ1v) is 6.77. The molecule has 0 amide bonds. The van der Waals surface area contributed by atoms with E-state index in [1.165, 1.54) is 18.2 Å². The van der Waals surface area contributed by atoms with Crippen LogP contribution in [0.1, 0.15) is 5.56 Å². The van der Waals surface area contributed by atoms with Crippen molar-refractivity contribution in [3.8, 4) is 0 Å². The maximum atomic E-state index is 13.1. The van der Waals surface area contributed by atoms with Gasteiger partial charge in [-0.05, 0) is 40.2 Å². The summed E-state index contributed by atoms with van der Waals surface area (Å²) in [5.41, 5.74) is 0.971. The summed E-state index contributed by atoms with van der Waals surface area (Å²) in [6.07, 6.45) is 0. The number of nitrogens with one attached hydrogen (secondary N) is 1. The lowest BCUT2D eigenvalue weighted by Gasteiger charge is -2.09. The highest BCUT2D eigenvalue weighted by Gasteiger charge is 2.16. The second-order valence-electron chi connectivity index (χ2n) is 3.98. The summed E-state index contributed by atoms with van der Waals surface area (Å²) in [5.74, 6) is -0.376. The second-order valence-corrected chi connectivity index (χ2v) is 5.24. The van der Waals surface area contributed by atoms with Crippen LogP contribution in [0.15, 0.2) is 40.9 Å². The standard InChI is InChI=1S/C13H9BrClFN2O2/c14-10-6-8(4-5-12(10)16)17-7-9-11(15)2-1-3-13(9)18(19)20/h1-6,17H,7H2. The zero-order valence-corrected chi connectivity index (χ0v) is 12.4. The highest BCUT2D eigenvalue weighted by atomic mass is 79.9. The summed E-state index contributed by atoms with van der Waals surface area (Å²) >= 11 is 9.06. The molecule has 1 N–H and O–H groups in total. The second kappa shape index (κ2) is 6.19. The molecule has 2 aromatic rings. The first-order chi connectivity index (χ1) is 9.49. The van der Waals surface area contributed by atoms with Crippen molar-refractivity contribution in [2.24, 2.45) is 0 Å². The largest absolute Gasteiger partial charge is 0.381 e. The molecule has 0 aliphatic carbocycles. The van der Waals surface area contributed by atoms with Crippen LogP contribution in [-0.2, 0) is 6.54 Å². The molecule has 0 aliphatic heterocycles. The molecule has 0 radical (unpaired) electrons. The minimum atomic E-state index is -0.483. The number of nitro benzene ring substituents is 1. The SMILES string of the molecule is O=[N+]([O-])c1cccc(Cl)c1CNc1ccc(F)c(Br)c1. The van der Waals surface area contributed by atoms with E-state index in [1.807, 2.05) is 0 Å². The molecular weight excluding hydrogens is 351 g/mol. The molecule has 0 aliphatic rings. The van der Waals surface area contributed by atoms with E-state index in [0.29, 0.717) is 20.7 Å². The zero-order chi connectivity index (χ0) is 14.7. The third-order valence-electron chi connectivity index (χ3n) is 2.68. The van der Waals surface area contributed by atoms with E-state index in [-0.39, 0.29) is 18.0 Å². The van der Waals surface area contributed by atoms with Crippen LogP contribution >= 0.6 is 27.5 Å². The summed E-state index contributed by atoms with van der Waals surface area (Å²) in [4.78, 5) is 10.5. The van der Waals surface area contributed by atoms with Crippen molar-refractivity contribution in [1.82, 2.24) is 0 Å². The Morgan fingerprint density at radius 1 is 1.35 bits per heavy atom. The van der Waals surface area contributed by atoms with Crippen molar-refractivity contribution in [2.75, 3.05) is 5.32 Å². The molecule has 0 heterocycles. The van der Waals surface area contributed by atoms with Crippen LogP contribution in [0.25, 0.3) is 0 Å². The predicted octanol–water partition coefficient (Wildman–Crippen LogP) is 4.76. The van der Waals surface area contributed by atoms with Crippen LogP contribution in [0.2, 0.25) is 5.02 Å². The number of nitrogens with zero attached hydrogens (tertiary/aromatic N) is 1. The maximum Gasteiger partial charge on any atom is 0.275 e. The van der Waals surface area contributed by atoms with Gasteiger partial charge in [-0.15, -0.1) is 0 Å². The van der Waals surface area contributed by atoms with Crippen LogP contribution < -0.4 is 5.32 Å². The summed E-state index contributed by atoms with van der Waals surface area (Å²) < 4.78 is 13.4. The number of hydrogen-bond acceptors (Lipinski definition) is 3. The Morgan fingerprint density at radius 3 is 2.75 bits per heavy atom.